The summed E-state index contributed by atoms with van der Waals surface area (Å²) in [5.41, 5.74) is 3.01. The number of aromatic nitrogens is 1. The number of carbonyl (C=O) groups is 2. The fourth-order valence-corrected chi connectivity index (χ4v) is 6.24. The molecule has 2 fully saturated rings. The van der Waals surface area contributed by atoms with Crippen molar-refractivity contribution in [3.63, 3.8) is 0 Å². The van der Waals surface area contributed by atoms with E-state index >= 15 is 0 Å². The van der Waals surface area contributed by atoms with Gasteiger partial charge in [0.25, 0.3) is 5.91 Å². The van der Waals surface area contributed by atoms with Crippen LogP contribution in [0.1, 0.15) is 80.8 Å². The fourth-order valence-electron chi connectivity index (χ4n) is 6.24. The lowest BCUT2D eigenvalue weighted by atomic mass is 9.66. The zero-order valence-electron chi connectivity index (χ0n) is 20.4. The number of benzene rings is 1. The number of aryl methyl sites for hydroxylation is 1. The SMILES string of the molecule is CNC(=O)CC(NC(=O)c1cc2cccc(C)c2[nH]1)C1NCC2(CCCCCCC2)CC1C. The number of carbonyl (C=O) groups excluding carboxylic acids is 2. The summed E-state index contributed by atoms with van der Waals surface area (Å²) in [4.78, 5) is 28.9. The third kappa shape index (κ3) is 5.43. The maximum Gasteiger partial charge on any atom is 0.268 e. The van der Waals surface area contributed by atoms with Crippen molar-refractivity contribution in [2.24, 2.45) is 11.3 Å². The van der Waals surface area contributed by atoms with Gasteiger partial charge >= 0.3 is 0 Å². The number of hydrogen-bond donors (Lipinski definition) is 4. The topological polar surface area (TPSA) is 86.0 Å². The highest BCUT2D eigenvalue weighted by Crippen LogP contribution is 2.43. The van der Waals surface area contributed by atoms with Gasteiger partial charge < -0.3 is 20.9 Å². The van der Waals surface area contributed by atoms with E-state index in [0.717, 1.165) is 29.4 Å². The summed E-state index contributed by atoms with van der Waals surface area (Å²) >= 11 is 0. The number of para-hydroxylation sites is 1. The van der Waals surface area contributed by atoms with Crippen molar-refractivity contribution in [1.29, 1.82) is 0 Å². The monoisotopic (exact) mass is 452 g/mol. The minimum absolute atomic E-state index is 0.0481. The van der Waals surface area contributed by atoms with Crippen LogP contribution in [0.25, 0.3) is 10.9 Å². The maximum atomic E-state index is 13.2. The van der Waals surface area contributed by atoms with Gasteiger partial charge in [-0.2, -0.15) is 0 Å². The summed E-state index contributed by atoms with van der Waals surface area (Å²) < 4.78 is 0. The van der Waals surface area contributed by atoms with E-state index in [2.05, 4.69) is 27.9 Å². The van der Waals surface area contributed by atoms with Gasteiger partial charge in [-0.3, -0.25) is 9.59 Å². The van der Waals surface area contributed by atoms with Gasteiger partial charge in [-0.1, -0.05) is 57.2 Å². The van der Waals surface area contributed by atoms with Crippen molar-refractivity contribution >= 4 is 22.7 Å². The molecule has 0 radical (unpaired) electrons. The van der Waals surface area contributed by atoms with Gasteiger partial charge in [-0.05, 0) is 49.1 Å². The average Bonchev–Trinajstić information content (AvgIpc) is 3.22. The van der Waals surface area contributed by atoms with E-state index in [4.69, 9.17) is 0 Å². The van der Waals surface area contributed by atoms with Crippen LogP contribution >= 0.6 is 0 Å². The Bertz CT molecular complexity index is 974. The number of nitrogens with one attached hydrogen (secondary N) is 4. The van der Waals surface area contributed by atoms with Crippen LogP contribution in [0.15, 0.2) is 24.3 Å². The Kier molecular flexibility index (Phi) is 7.42. The molecule has 2 aromatic rings. The van der Waals surface area contributed by atoms with Crippen LogP contribution in [0.4, 0.5) is 0 Å². The minimum Gasteiger partial charge on any atom is -0.359 e. The van der Waals surface area contributed by atoms with Crippen LogP contribution in [-0.2, 0) is 4.79 Å². The number of hydrogen-bond acceptors (Lipinski definition) is 3. The van der Waals surface area contributed by atoms with Crippen LogP contribution in [-0.4, -0.2) is 42.5 Å². The number of rotatable bonds is 5. The molecule has 3 unspecified atom stereocenters. The molecule has 6 nitrogen and oxygen atoms in total. The quantitative estimate of drug-likeness (QED) is 0.541. The highest BCUT2D eigenvalue weighted by molar-refractivity contribution is 5.99. The molecular weight excluding hydrogens is 412 g/mol. The van der Waals surface area contributed by atoms with Crippen molar-refractivity contribution < 1.29 is 9.59 Å². The van der Waals surface area contributed by atoms with Crippen molar-refractivity contribution in [2.45, 2.75) is 83.7 Å². The normalized spacial score (nSPS) is 24.1. The van der Waals surface area contributed by atoms with Gasteiger partial charge in [0.2, 0.25) is 5.91 Å². The Hall–Kier alpha value is -2.34. The molecule has 1 aliphatic carbocycles. The molecule has 2 heterocycles. The molecule has 3 atom stereocenters. The van der Waals surface area contributed by atoms with Gasteiger partial charge in [0.05, 0.1) is 6.04 Å². The lowest BCUT2D eigenvalue weighted by Gasteiger charge is -2.47. The number of amides is 2. The zero-order chi connectivity index (χ0) is 23.4. The van der Waals surface area contributed by atoms with Crippen LogP contribution < -0.4 is 16.0 Å². The summed E-state index contributed by atoms with van der Waals surface area (Å²) in [6.45, 7) is 5.30. The molecular formula is C27H40N4O2. The number of piperidine rings is 1. The van der Waals surface area contributed by atoms with Crippen molar-refractivity contribution in [3.8, 4) is 0 Å². The van der Waals surface area contributed by atoms with Crippen LogP contribution in [0, 0.1) is 18.3 Å². The maximum absolute atomic E-state index is 13.2. The highest BCUT2D eigenvalue weighted by atomic mass is 16.2. The second-order valence-corrected chi connectivity index (χ2v) is 10.5. The molecule has 4 rings (SSSR count). The standard InChI is InChI=1S/C27H40N4O2/c1-18-10-9-11-20-14-22(30-24(18)20)26(33)31-21(15-23(32)28-3)25-19(2)16-27(17-29-25)12-7-5-4-6-8-13-27/h9-11,14,19,21,25,29-30H,4-8,12-13,15-17H2,1-3H3,(H,28,32)(H,31,33). The second kappa shape index (κ2) is 10.3. The summed E-state index contributed by atoms with van der Waals surface area (Å²) in [5.74, 6) is 0.186. The second-order valence-electron chi connectivity index (χ2n) is 10.5. The molecule has 1 saturated heterocycles. The lowest BCUT2D eigenvalue weighted by molar-refractivity contribution is -0.121. The van der Waals surface area contributed by atoms with Crippen molar-refractivity contribution in [2.75, 3.05) is 13.6 Å². The van der Waals surface area contributed by atoms with Gasteiger partial charge in [0.1, 0.15) is 5.69 Å². The van der Waals surface area contributed by atoms with Gasteiger partial charge in [0.15, 0.2) is 0 Å². The Morgan fingerprint density at radius 1 is 1.15 bits per heavy atom. The predicted octanol–water partition coefficient (Wildman–Crippen LogP) is 4.44. The van der Waals surface area contributed by atoms with Gasteiger partial charge in [-0.15, -0.1) is 0 Å². The zero-order valence-corrected chi connectivity index (χ0v) is 20.4. The summed E-state index contributed by atoms with van der Waals surface area (Å²) in [5, 5.41) is 10.8. The molecule has 1 aliphatic heterocycles. The van der Waals surface area contributed by atoms with Crippen LogP contribution in [0.5, 0.6) is 0 Å². The molecule has 180 valence electrons. The molecule has 1 spiro atoms. The number of fused-ring (bicyclic) bond motifs is 1. The summed E-state index contributed by atoms with van der Waals surface area (Å²) in [7, 11) is 1.66. The van der Waals surface area contributed by atoms with Gasteiger partial charge in [-0.25, -0.2) is 0 Å². The Labute approximate surface area is 197 Å². The number of aromatic amines is 1. The number of H-pyrrole nitrogens is 1. The Morgan fingerprint density at radius 3 is 2.55 bits per heavy atom. The highest BCUT2D eigenvalue weighted by Gasteiger charge is 2.42. The van der Waals surface area contributed by atoms with E-state index in [9.17, 15) is 9.59 Å². The molecule has 2 aliphatic rings. The first kappa shape index (κ1) is 23.8. The first-order valence-corrected chi connectivity index (χ1v) is 12.7. The van der Waals surface area contributed by atoms with E-state index in [1.807, 2.05) is 31.2 Å². The molecule has 4 N–H and O–H groups in total. The average molecular weight is 453 g/mol. The van der Waals surface area contributed by atoms with E-state index in [1.54, 1.807) is 7.05 Å². The van der Waals surface area contributed by atoms with Gasteiger partial charge in [0, 0.05) is 37.0 Å². The van der Waals surface area contributed by atoms with Crippen molar-refractivity contribution in [3.05, 3.63) is 35.5 Å². The third-order valence-corrected chi connectivity index (χ3v) is 8.04. The minimum atomic E-state index is -0.258. The van der Waals surface area contributed by atoms with E-state index in [-0.39, 0.29) is 30.3 Å². The largest absolute Gasteiger partial charge is 0.359 e. The molecule has 1 aromatic carbocycles. The molecule has 1 saturated carbocycles. The van der Waals surface area contributed by atoms with Crippen LogP contribution in [0.2, 0.25) is 0 Å². The molecule has 6 heteroatoms. The first-order chi connectivity index (χ1) is 15.9. The first-order valence-electron chi connectivity index (χ1n) is 12.7. The third-order valence-electron chi connectivity index (χ3n) is 8.04. The molecule has 2 amide bonds. The summed E-state index contributed by atoms with van der Waals surface area (Å²) in [6.07, 6.45) is 10.7. The predicted molar refractivity (Wildman–Crippen MR) is 133 cm³/mol. The smallest absolute Gasteiger partial charge is 0.268 e. The van der Waals surface area contributed by atoms with E-state index in [0.29, 0.717) is 17.0 Å². The molecule has 33 heavy (non-hydrogen) atoms. The Morgan fingerprint density at radius 2 is 1.88 bits per heavy atom. The van der Waals surface area contributed by atoms with Crippen LogP contribution in [0.3, 0.4) is 0 Å². The lowest BCUT2D eigenvalue weighted by Crippen LogP contribution is -2.60. The summed E-state index contributed by atoms with van der Waals surface area (Å²) in [6, 6.07) is 7.76. The van der Waals surface area contributed by atoms with Crippen molar-refractivity contribution in [1.82, 2.24) is 20.9 Å². The molecule has 1 aromatic heterocycles. The molecule has 0 bridgehead atoms. The van der Waals surface area contributed by atoms with E-state index < -0.39 is 0 Å². The van der Waals surface area contributed by atoms with E-state index in [1.165, 1.54) is 44.9 Å². The Balaban J connectivity index is 1.50. The fraction of sp³-hybridized carbons (Fsp3) is 0.630.